The van der Waals surface area contributed by atoms with Gasteiger partial charge in [0.15, 0.2) is 6.23 Å². The average molecular weight is 180 g/mol. The molecule has 1 N–H and O–H groups in total. The molecule has 1 atom stereocenters. The highest BCUT2D eigenvalue weighted by atomic mass is 35.5. The Balaban J connectivity index is 0. The van der Waals surface area contributed by atoms with Crippen LogP contribution < -0.4 is 5.32 Å². The molecule has 0 radical (unpaired) electrons. The van der Waals surface area contributed by atoms with Gasteiger partial charge in [-0.05, 0) is 20.9 Å². The molecule has 0 aliphatic carbocycles. The lowest BCUT2D eigenvalue weighted by atomic mass is 10.4. The maximum absolute atomic E-state index is 10.8. The Morgan fingerprint density at radius 2 is 2.09 bits per heavy atom. The fraction of sp³-hybridized carbons (Fsp3) is 0.571. The maximum atomic E-state index is 10.8. The third-order valence-electron chi connectivity index (χ3n) is 1.04. The van der Waals surface area contributed by atoms with Crippen LogP contribution in [0.1, 0.15) is 13.8 Å². The van der Waals surface area contributed by atoms with E-state index in [2.05, 4.69) is 11.9 Å². The van der Waals surface area contributed by atoms with Crippen molar-refractivity contribution in [3.63, 3.8) is 0 Å². The summed E-state index contributed by atoms with van der Waals surface area (Å²) in [5.41, 5.74) is 0.419. The lowest BCUT2D eigenvalue weighted by Gasteiger charge is -2.10. The van der Waals surface area contributed by atoms with Gasteiger partial charge in [-0.3, -0.25) is 5.32 Å². The van der Waals surface area contributed by atoms with Gasteiger partial charge < -0.3 is 4.74 Å². The zero-order chi connectivity index (χ0) is 8.15. The lowest BCUT2D eigenvalue weighted by molar-refractivity contribution is -0.144. The molecule has 0 amide bonds. The molecule has 0 aromatic heterocycles. The van der Waals surface area contributed by atoms with Crippen LogP contribution in [0.5, 0.6) is 0 Å². The van der Waals surface area contributed by atoms with Crippen LogP contribution in [0.2, 0.25) is 0 Å². The molecule has 3 nitrogen and oxygen atoms in total. The highest BCUT2D eigenvalue weighted by Crippen LogP contribution is 1.94. The van der Waals surface area contributed by atoms with Crippen LogP contribution >= 0.6 is 12.4 Å². The standard InChI is InChI=1S/C7H13NO2.ClH/c1-5(2)7(9)10-6(3)8-4;/h6,8H,1H2,2-4H3;1H. The summed E-state index contributed by atoms with van der Waals surface area (Å²) in [5.74, 6) is -0.359. The molecule has 66 valence electrons. The average Bonchev–Trinajstić information content (AvgIpc) is 1.87. The van der Waals surface area contributed by atoms with Crippen LogP contribution in [0.4, 0.5) is 0 Å². The van der Waals surface area contributed by atoms with E-state index in [1.165, 1.54) is 0 Å². The van der Waals surface area contributed by atoms with E-state index in [0.29, 0.717) is 5.57 Å². The summed E-state index contributed by atoms with van der Waals surface area (Å²) in [4.78, 5) is 10.8. The smallest absolute Gasteiger partial charge is 0.334 e. The molecule has 0 spiro atoms. The van der Waals surface area contributed by atoms with E-state index in [4.69, 9.17) is 4.74 Å². The summed E-state index contributed by atoms with van der Waals surface area (Å²) >= 11 is 0. The highest BCUT2D eigenvalue weighted by Gasteiger charge is 2.06. The molecule has 1 unspecified atom stereocenters. The molecule has 0 aromatic rings. The second-order valence-corrected chi connectivity index (χ2v) is 2.12. The molecule has 0 aromatic carbocycles. The van der Waals surface area contributed by atoms with Gasteiger partial charge in [-0.2, -0.15) is 0 Å². The Morgan fingerprint density at radius 3 is 2.36 bits per heavy atom. The first-order valence-electron chi connectivity index (χ1n) is 3.11. The Morgan fingerprint density at radius 1 is 1.64 bits per heavy atom. The largest absolute Gasteiger partial charge is 0.444 e. The number of hydrogen-bond acceptors (Lipinski definition) is 3. The molecule has 11 heavy (non-hydrogen) atoms. The van der Waals surface area contributed by atoms with Crippen molar-refractivity contribution in [3.8, 4) is 0 Å². The van der Waals surface area contributed by atoms with E-state index in [1.807, 2.05) is 0 Å². The Labute approximate surface area is 73.2 Å². The van der Waals surface area contributed by atoms with Gasteiger partial charge in [0.2, 0.25) is 0 Å². The molecule has 0 rings (SSSR count). The van der Waals surface area contributed by atoms with Crippen molar-refractivity contribution in [3.05, 3.63) is 12.2 Å². The minimum absolute atomic E-state index is 0. The van der Waals surface area contributed by atoms with Crippen LogP contribution in [0.25, 0.3) is 0 Å². The normalized spacial score (nSPS) is 11.2. The molecule has 4 heteroatoms. The van der Waals surface area contributed by atoms with Crippen LogP contribution in [0.3, 0.4) is 0 Å². The van der Waals surface area contributed by atoms with Crippen molar-refractivity contribution in [1.82, 2.24) is 5.32 Å². The van der Waals surface area contributed by atoms with Gasteiger partial charge in [0.25, 0.3) is 0 Å². The predicted molar refractivity (Wildman–Crippen MR) is 46.7 cm³/mol. The zero-order valence-corrected chi connectivity index (χ0v) is 7.83. The number of esters is 1. The zero-order valence-electron chi connectivity index (χ0n) is 7.01. The molecule has 0 aliphatic rings. The summed E-state index contributed by atoms with van der Waals surface area (Å²) in [6.45, 7) is 6.81. The molecule has 0 heterocycles. The maximum Gasteiger partial charge on any atom is 0.334 e. The highest BCUT2D eigenvalue weighted by molar-refractivity contribution is 5.87. The van der Waals surface area contributed by atoms with Crippen molar-refractivity contribution in [2.45, 2.75) is 20.1 Å². The molecule has 0 fully saturated rings. The minimum atomic E-state index is -0.359. The van der Waals surface area contributed by atoms with E-state index in [9.17, 15) is 4.79 Å². The first-order valence-corrected chi connectivity index (χ1v) is 3.11. The molecule has 0 saturated carbocycles. The number of rotatable bonds is 3. The Kier molecular flexibility index (Phi) is 7.36. The second-order valence-electron chi connectivity index (χ2n) is 2.12. The van der Waals surface area contributed by atoms with Crippen LogP contribution in [0.15, 0.2) is 12.2 Å². The molecule has 0 bridgehead atoms. The number of hydrogen-bond donors (Lipinski definition) is 1. The molecule has 0 aliphatic heterocycles. The van der Waals surface area contributed by atoms with E-state index in [0.717, 1.165) is 0 Å². The van der Waals surface area contributed by atoms with Crippen molar-refractivity contribution >= 4 is 18.4 Å². The van der Waals surface area contributed by atoms with E-state index < -0.39 is 0 Å². The monoisotopic (exact) mass is 179 g/mol. The minimum Gasteiger partial charge on any atom is -0.444 e. The Hall–Kier alpha value is -0.540. The van der Waals surface area contributed by atoms with Crippen LogP contribution in [0, 0.1) is 0 Å². The molecule has 0 saturated heterocycles. The fourth-order valence-corrected chi connectivity index (χ4v) is 0.320. The summed E-state index contributed by atoms with van der Waals surface area (Å²) in [6.07, 6.45) is -0.246. The van der Waals surface area contributed by atoms with E-state index in [1.54, 1.807) is 20.9 Å². The molecular weight excluding hydrogens is 166 g/mol. The van der Waals surface area contributed by atoms with Crippen LogP contribution in [-0.2, 0) is 9.53 Å². The van der Waals surface area contributed by atoms with E-state index in [-0.39, 0.29) is 24.6 Å². The predicted octanol–water partition coefficient (Wildman–Crippen LogP) is 1.09. The van der Waals surface area contributed by atoms with Gasteiger partial charge in [0.1, 0.15) is 0 Å². The topological polar surface area (TPSA) is 38.3 Å². The first kappa shape index (κ1) is 13.1. The summed E-state index contributed by atoms with van der Waals surface area (Å²) in [5, 5.41) is 2.77. The number of ether oxygens (including phenoxy) is 1. The van der Waals surface area contributed by atoms with Gasteiger partial charge in [0, 0.05) is 5.57 Å². The van der Waals surface area contributed by atoms with Crippen molar-refractivity contribution in [2.24, 2.45) is 0 Å². The Bertz CT molecular complexity index is 147. The van der Waals surface area contributed by atoms with Gasteiger partial charge in [-0.25, -0.2) is 4.79 Å². The first-order chi connectivity index (χ1) is 4.57. The lowest BCUT2D eigenvalue weighted by Crippen LogP contribution is -2.27. The van der Waals surface area contributed by atoms with Gasteiger partial charge in [0.05, 0.1) is 0 Å². The quantitative estimate of drug-likeness (QED) is 0.401. The van der Waals surface area contributed by atoms with Crippen molar-refractivity contribution < 1.29 is 9.53 Å². The summed E-state index contributed by atoms with van der Waals surface area (Å²) < 4.78 is 4.81. The number of halogens is 1. The fourth-order valence-electron chi connectivity index (χ4n) is 0.320. The van der Waals surface area contributed by atoms with Gasteiger partial charge in [-0.15, -0.1) is 12.4 Å². The van der Waals surface area contributed by atoms with Crippen molar-refractivity contribution in [1.29, 1.82) is 0 Å². The second kappa shape index (κ2) is 6.19. The third kappa shape index (κ3) is 5.88. The summed E-state index contributed by atoms with van der Waals surface area (Å²) in [7, 11) is 1.72. The van der Waals surface area contributed by atoms with Crippen molar-refractivity contribution in [2.75, 3.05) is 7.05 Å². The van der Waals surface area contributed by atoms with Crippen LogP contribution in [-0.4, -0.2) is 19.2 Å². The summed E-state index contributed by atoms with van der Waals surface area (Å²) in [6, 6.07) is 0. The SMILES string of the molecule is C=C(C)C(=O)OC(C)NC.Cl. The number of carbonyl (C=O) groups excluding carboxylic acids is 1. The number of carbonyl (C=O) groups is 1. The van der Waals surface area contributed by atoms with E-state index >= 15 is 0 Å². The third-order valence-corrected chi connectivity index (χ3v) is 1.04. The van der Waals surface area contributed by atoms with Gasteiger partial charge >= 0.3 is 5.97 Å². The number of nitrogens with one attached hydrogen (secondary N) is 1. The van der Waals surface area contributed by atoms with Gasteiger partial charge in [-0.1, -0.05) is 6.58 Å². The molecular formula is C7H14ClNO2.